The molecular weight excluding hydrogens is 357 g/mol. The summed E-state index contributed by atoms with van der Waals surface area (Å²) in [5.74, 6) is -1.03. The molecule has 27 heavy (non-hydrogen) atoms. The Morgan fingerprint density at radius 1 is 1.04 bits per heavy atom. The molecule has 0 spiro atoms. The summed E-state index contributed by atoms with van der Waals surface area (Å²) in [4.78, 5) is 12.4. The molecule has 0 aliphatic heterocycles. The number of hydrogen-bond acceptors (Lipinski definition) is 3. The van der Waals surface area contributed by atoms with Crippen molar-refractivity contribution in [3.63, 3.8) is 0 Å². The van der Waals surface area contributed by atoms with Crippen molar-refractivity contribution in [1.29, 1.82) is 0 Å². The van der Waals surface area contributed by atoms with E-state index in [0.717, 1.165) is 10.2 Å². The van der Waals surface area contributed by atoms with Gasteiger partial charge in [0, 0.05) is 6.42 Å². The fourth-order valence-corrected chi connectivity index (χ4v) is 2.81. The molecular formula is C20H17F3N2O2. The van der Waals surface area contributed by atoms with Crippen molar-refractivity contribution in [1.82, 2.24) is 9.78 Å². The average molecular weight is 374 g/mol. The number of aromatic nitrogens is 2. The highest BCUT2D eigenvalue weighted by Gasteiger charge is 2.43. The lowest BCUT2D eigenvalue weighted by Gasteiger charge is -2.12. The third-order valence-electron chi connectivity index (χ3n) is 3.92. The maximum Gasteiger partial charge on any atom is 0.434 e. The zero-order valence-corrected chi connectivity index (χ0v) is 14.5. The van der Waals surface area contributed by atoms with Crippen LogP contribution in [0.25, 0.3) is 5.69 Å². The van der Waals surface area contributed by atoms with Crippen molar-refractivity contribution in [2.24, 2.45) is 0 Å². The Balaban J connectivity index is 2.22. The quantitative estimate of drug-likeness (QED) is 0.610. The number of para-hydroxylation sites is 1. The number of nitrogens with zero attached hydrogens (tertiary/aromatic N) is 2. The number of carbonyl (C=O) groups excluding carboxylic acids is 1. The van der Waals surface area contributed by atoms with Crippen LogP contribution >= 0.6 is 0 Å². The third-order valence-corrected chi connectivity index (χ3v) is 3.92. The monoisotopic (exact) mass is 374 g/mol. The van der Waals surface area contributed by atoms with Gasteiger partial charge in [-0.15, -0.1) is 0 Å². The Hall–Kier alpha value is -3.09. The molecule has 0 bridgehead atoms. The Labute approximate surface area is 154 Å². The number of benzene rings is 2. The molecule has 4 nitrogen and oxygen atoms in total. The predicted octanol–water partition coefficient (Wildman–Crippen LogP) is 4.66. The number of esters is 1. The molecule has 3 rings (SSSR count). The highest BCUT2D eigenvalue weighted by molar-refractivity contribution is 5.92. The lowest BCUT2D eigenvalue weighted by atomic mass is 10.0. The zero-order valence-electron chi connectivity index (χ0n) is 14.5. The fourth-order valence-electron chi connectivity index (χ4n) is 2.81. The van der Waals surface area contributed by atoms with Crippen molar-refractivity contribution in [2.75, 3.05) is 6.61 Å². The molecule has 0 amide bonds. The minimum absolute atomic E-state index is 0.0239. The molecule has 0 unspecified atom stereocenters. The summed E-state index contributed by atoms with van der Waals surface area (Å²) in [6.07, 6.45) is -4.70. The molecule has 0 radical (unpaired) electrons. The van der Waals surface area contributed by atoms with Gasteiger partial charge in [-0.3, -0.25) is 0 Å². The topological polar surface area (TPSA) is 44.1 Å². The van der Waals surface area contributed by atoms with E-state index in [2.05, 4.69) is 5.10 Å². The van der Waals surface area contributed by atoms with Gasteiger partial charge in [0.1, 0.15) is 5.56 Å². The maximum atomic E-state index is 13.9. The van der Waals surface area contributed by atoms with Crippen LogP contribution in [0, 0.1) is 0 Å². The first-order valence-corrected chi connectivity index (χ1v) is 8.37. The number of ether oxygens (including phenoxy) is 1. The Kier molecular flexibility index (Phi) is 5.30. The van der Waals surface area contributed by atoms with Gasteiger partial charge in [-0.2, -0.15) is 18.3 Å². The lowest BCUT2D eigenvalue weighted by Crippen LogP contribution is -2.19. The SMILES string of the molecule is CCOC(=O)c1c(Cc2ccccc2)nn(-c2ccccc2)c1C(F)(F)F. The van der Waals surface area contributed by atoms with E-state index in [-0.39, 0.29) is 24.4 Å². The van der Waals surface area contributed by atoms with Gasteiger partial charge in [-0.05, 0) is 24.6 Å². The molecule has 1 aromatic heterocycles. The molecule has 0 N–H and O–H groups in total. The normalized spacial score (nSPS) is 11.4. The number of hydrogen-bond donors (Lipinski definition) is 0. The Bertz CT molecular complexity index is 920. The zero-order chi connectivity index (χ0) is 19.4. The largest absolute Gasteiger partial charge is 0.462 e. The maximum absolute atomic E-state index is 13.9. The van der Waals surface area contributed by atoms with Crippen LogP contribution in [0.15, 0.2) is 60.7 Å². The summed E-state index contributed by atoms with van der Waals surface area (Å²) in [5, 5.41) is 4.14. The first-order chi connectivity index (χ1) is 12.9. The van der Waals surface area contributed by atoms with Crippen LogP contribution in [0.4, 0.5) is 13.2 Å². The van der Waals surface area contributed by atoms with Crippen LogP contribution in [-0.4, -0.2) is 22.4 Å². The summed E-state index contributed by atoms with van der Waals surface area (Å²) in [6.45, 7) is 1.51. The highest BCUT2D eigenvalue weighted by Crippen LogP contribution is 2.36. The summed E-state index contributed by atoms with van der Waals surface area (Å²) in [5.41, 5.74) is -0.685. The van der Waals surface area contributed by atoms with Crippen molar-refractivity contribution >= 4 is 5.97 Å². The Morgan fingerprint density at radius 2 is 1.63 bits per heavy atom. The van der Waals surface area contributed by atoms with Gasteiger partial charge >= 0.3 is 12.1 Å². The molecule has 2 aromatic carbocycles. The van der Waals surface area contributed by atoms with Crippen LogP contribution in [0.2, 0.25) is 0 Å². The molecule has 0 saturated heterocycles. The van der Waals surface area contributed by atoms with Gasteiger partial charge in [-0.1, -0.05) is 48.5 Å². The lowest BCUT2D eigenvalue weighted by molar-refractivity contribution is -0.143. The van der Waals surface area contributed by atoms with E-state index >= 15 is 0 Å². The standard InChI is InChI=1S/C20H17F3N2O2/c1-2-27-19(26)17-16(13-14-9-5-3-6-10-14)24-25(18(17)20(21,22)23)15-11-7-4-8-12-15/h3-12H,2,13H2,1H3. The first kappa shape index (κ1) is 18.7. The van der Waals surface area contributed by atoms with Crippen LogP contribution in [0.3, 0.4) is 0 Å². The molecule has 7 heteroatoms. The first-order valence-electron chi connectivity index (χ1n) is 8.37. The van der Waals surface area contributed by atoms with Gasteiger partial charge in [0.2, 0.25) is 0 Å². The number of halogens is 3. The fraction of sp³-hybridized carbons (Fsp3) is 0.200. The van der Waals surface area contributed by atoms with Crippen molar-refractivity contribution in [2.45, 2.75) is 19.5 Å². The van der Waals surface area contributed by atoms with Crippen LogP contribution in [-0.2, 0) is 17.3 Å². The van der Waals surface area contributed by atoms with E-state index in [9.17, 15) is 18.0 Å². The summed E-state index contributed by atoms with van der Waals surface area (Å²) in [7, 11) is 0. The van der Waals surface area contributed by atoms with E-state index in [1.165, 1.54) is 12.1 Å². The van der Waals surface area contributed by atoms with E-state index in [0.29, 0.717) is 0 Å². The number of carbonyl (C=O) groups is 1. The van der Waals surface area contributed by atoms with Gasteiger partial charge < -0.3 is 4.74 Å². The van der Waals surface area contributed by atoms with E-state index in [1.54, 1.807) is 55.5 Å². The average Bonchev–Trinajstić information content (AvgIpc) is 3.03. The van der Waals surface area contributed by atoms with Crippen molar-refractivity contribution < 1.29 is 22.7 Å². The van der Waals surface area contributed by atoms with E-state index in [4.69, 9.17) is 4.74 Å². The van der Waals surface area contributed by atoms with Crippen LogP contribution in [0.5, 0.6) is 0 Å². The van der Waals surface area contributed by atoms with E-state index < -0.39 is 23.4 Å². The van der Waals surface area contributed by atoms with Gasteiger partial charge in [0.25, 0.3) is 0 Å². The molecule has 0 fully saturated rings. The highest BCUT2D eigenvalue weighted by atomic mass is 19.4. The third kappa shape index (κ3) is 4.02. The van der Waals surface area contributed by atoms with Gasteiger partial charge in [-0.25, -0.2) is 9.48 Å². The summed E-state index contributed by atoms with van der Waals surface area (Å²) < 4.78 is 47.3. The van der Waals surface area contributed by atoms with Crippen LogP contribution < -0.4 is 0 Å². The summed E-state index contributed by atoms with van der Waals surface area (Å²) in [6, 6.07) is 16.8. The molecule has 3 aromatic rings. The Morgan fingerprint density at radius 3 is 2.19 bits per heavy atom. The number of alkyl halides is 3. The molecule has 0 aliphatic rings. The second kappa shape index (κ2) is 7.65. The van der Waals surface area contributed by atoms with Crippen LogP contribution in [0.1, 0.15) is 34.2 Å². The number of rotatable bonds is 5. The molecule has 0 saturated carbocycles. The van der Waals surface area contributed by atoms with Crippen molar-refractivity contribution in [3.05, 3.63) is 83.2 Å². The smallest absolute Gasteiger partial charge is 0.434 e. The van der Waals surface area contributed by atoms with Gasteiger partial charge in [0.05, 0.1) is 18.0 Å². The van der Waals surface area contributed by atoms with Gasteiger partial charge in [0.15, 0.2) is 5.69 Å². The second-order valence-corrected chi connectivity index (χ2v) is 5.80. The van der Waals surface area contributed by atoms with E-state index in [1.807, 2.05) is 0 Å². The summed E-state index contributed by atoms with van der Waals surface area (Å²) >= 11 is 0. The van der Waals surface area contributed by atoms with Crippen molar-refractivity contribution in [3.8, 4) is 5.69 Å². The molecule has 140 valence electrons. The molecule has 0 atom stereocenters. The second-order valence-electron chi connectivity index (χ2n) is 5.80. The predicted molar refractivity (Wildman–Crippen MR) is 93.8 cm³/mol. The minimum atomic E-state index is -4.78. The minimum Gasteiger partial charge on any atom is -0.462 e. The molecule has 0 aliphatic carbocycles. The molecule has 1 heterocycles.